The summed E-state index contributed by atoms with van der Waals surface area (Å²) in [6, 6.07) is 11.0. The van der Waals surface area contributed by atoms with E-state index in [1.165, 1.54) is 6.07 Å². The molecule has 0 heterocycles. The molecule has 5 heteroatoms. The molecule has 0 radical (unpaired) electrons. The van der Waals surface area contributed by atoms with E-state index in [0.717, 1.165) is 19.2 Å². The Kier molecular flexibility index (Phi) is 5.39. The van der Waals surface area contributed by atoms with Gasteiger partial charge in [0, 0.05) is 14.1 Å². The maximum absolute atomic E-state index is 13.2. The van der Waals surface area contributed by atoms with E-state index in [4.69, 9.17) is 5.73 Å². The van der Waals surface area contributed by atoms with Crippen molar-refractivity contribution in [1.29, 1.82) is 0 Å². The molecule has 1 nitrogen and oxygen atoms in total. The first-order chi connectivity index (χ1) is 8.97. The number of halogens is 4. The third-order valence-corrected chi connectivity index (χ3v) is 4.80. The monoisotopic (exact) mass is 497 g/mol. The lowest BCUT2D eigenvalue weighted by Crippen LogP contribution is -2.14. The van der Waals surface area contributed by atoms with Crippen molar-refractivity contribution >= 4 is 54.5 Å². The Bertz CT molecular complexity index is 604. The van der Waals surface area contributed by atoms with Crippen LogP contribution in [0.15, 0.2) is 45.3 Å². The fourth-order valence-corrected chi connectivity index (χ4v) is 3.31. The molecule has 2 aromatic rings. The lowest BCUT2D eigenvalue weighted by molar-refractivity contribution is 0.618. The minimum Gasteiger partial charge on any atom is -0.324 e. The van der Waals surface area contributed by atoms with Gasteiger partial charge < -0.3 is 5.73 Å². The Morgan fingerprint density at radius 1 is 1.11 bits per heavy atom. The van der Waals surface area contributed by atoms with Gasteiger partial charge in [-0.15, -0.1) is 0 Å². The molecule has 100 valence electrons. The van der Waals surface area contributed by atoms with Gasteiger partial charge >= 0.3 is 0 Å². The summed E-state index contributed by atoms with van der Waals surface area (Å²) in [6.45, 7) is 0. The summed E-state index contributed by atoms with van der Waals surface area (Å²) in [7, 11) is 0. The molecule has 2 rings (SSSR count). The van der Waals surface area contributed by atoms with Crippen LogP contribution in [0.5, 0.6) is 0 Å². The van der Waals surface area contributed by atoms with Crippen molar-refractivity contribution in [2.45, 2.75) is 12.5 Å². The van der Waals surface area contributed by atoms with E-state index < -0.39 is 0 Å². The zero-order chi connectivity index (χ0) is 14.0. The minimum atomic E-state index is -0.257. The van der Waals surface area contributed by atoms with Gasteiger partial charge in [-0.2, -0.15) is 0 Å². The molecule has 0 saturated carbocycles. The summed E-state index contributed by atoms with van der Waals surface area (Å²) in [6.07, 6.45) is 0.664. The highest BCUT2D eigenvalue weighted by atomic mass is 127. The average Bonchev–Trinajstić information content (AvgIpc) is 2.36. The Morgan fingerprint density at radius 2 is 1.84 bits per heavy atom. The molecule has 0 aliphatic heterocycles. The fraction of sp³-hybridized carbons (Fsp3) is 0.143. The van der Waals surface area contributed by atoms with E-state index in [1.807, 2.05) is 12.1 Å². The van der Waals surface area contributed by atoms with Crippen LogP contribution >= 0.6 is 54.5 Å². The topological polar surface area (TPSA) is 26.0 Å². The molecule has 0 spiro atoms. The number of hydrogen-bond donors (Lipinski definition) is 1. The molecular weight excluding hydrogens is 488 g/mol. The number of hydrogen-bond acceptors (Lipinski definition) is 1. The van der Waals surface area contributed by atoms with E-state index in [0.29, 0.717) is 10.9 Å². The summed E-state index contributed by atoms with van der Waals surface area (Å²) in [5.41, 5.74) is 8.31. The van der Waals surface area contributed by atoms with Gasteiger partial charge in [0.15, 0.2) is 0 Å². The van der Waals surface area contributed by atoms with Gasteiger partial charge in [0.2, 0.25) is 0 Å². The van der Waals surface area contributed by atoms with Crippen molar-refractivity contribution in [3.63, 3.8) is 0 Å². The van der Waals surface area contributed by atoms with E-state index in [2.05, 4.69) is 60.5 Å². The molecule has 0 saturated heterocycles. The van der Waals surface area contributed by atoms with Crippen LogP contribution in [0.2, 0.25) is 0 Å². The first-order valence-corrected chi connectivity index (χ1v) is 8.28. The number of nitrogens with two attached hydrogens (primary N) is 1. The lowest BCUT2D eigenvalue weighted by atomic mass is 10.00. The SMILES string of the molecule is NC(Cc1ccc(F)c(Br)c1)c1cc(I)ccc1Br. The average molecular weight is 499 g/mol. The van der Waals surface area contributed by atoms with Crippen LogP contribution in [0, 0.1) is 9.39 Å². The largest absolute Gasteiger partial charge is 0.324 e. The molecule has 1 atom stereocenters. The quantitative estimate of drug-likeness (QED) is 0.579. The van der Waals surface area contributed by atoms with Crippen LogP contribution in [0.4, 0.5) is 4.39 Å². The molecule has 0 aliphatic carbocycles. The van der Waals surface area contributed by atoms with E-state index in [-0.39, 0.29) is 11.9 Å². The van der Waals surface area contributed by atoms with Crippen LogP contribution in [0.1, 0.15) is 17.2 Å². The van der Waals surface area contributed by atoms with Crippen molar-refractivity contribution in [2.24, 2.45) is 5.73 Å². The summed E-state index contributed by atoms with van der Waals surface area (Å²) >= 11 is 8.97. The molecule has 0 amide bonds. The van der Waals surface area contributed by atoms with Crippen LogP contribution < -0.4 is 5.73 Å². The van der Waals surface area contributed by atoms with Gasteiger partial charge in [-0.1, -0.05) is 22.0 Å². The van der Waals surface area contributed by atoms with Gasteiger partial charge in [-0.05, 0) is 86.4 Å². The van der Waals surface area contributed by atoms with Gasteiger partial charge in [0.1, 0.15) is 5.82 Å². The zero-order valence-electron chi connectivity index (χ0n) is 9.84. The lowest BCUT2D eigenvalue weighted by Gasteiger charge is -2.15. The van der Waals surface area contributed by atoms with Gasteiger partial charge in [-0.25, -0.2) is 4.39 Å². The highest BCUT2D eigenvalue weighted by Crippen LogP contribution is 2.27. The Labute approximate surface area is 142 Å². The highest BCUT2D eigenvalue weighted by Gasteiger charge is 2.12. The highest BCUT2D eigenvalue weighted by molar-refractivity contribution is 14.1. The maximum Gasteiger partial charge on any atom is 0.137 e. The second-order valence-corrected chi connectivity index (χ2v) is 7.18. The Balaban J connectivity index is 2.22. The number of rotatable bonds is 3. The van der Waals surface area contributed by atoms with Crippen molar-refractivity contribution in [3.05, 3.63) is 65.9 Å². The third-order valence-electron chi connectivity index (χ3n) is 2.80. The van der Waals surface area contributed by atoms with Crippen LogP contribution in [-0.4, -0.2) is 0 Å². The standard InChI is InChI=1S/C14H11Br2FIN/c15-11-3-2-9(18)7-10(11)14(19)6-8-1-4-13(17)12(16)5-8/h1-5,7,14H,6,19H2. The summed E-state index contributed by atoms with van der Waals surface area (Å²) in [4.78, 5) is 0. The van der Waals surface area contributed by atoms with Crippen LogP contribution in [-0.2, 0) is 6.42 Å². The molecule has 0 fully saturated rings. The van der Waals surface area contributed by atoms with Crippen molar-refractivity contribution < 1.29 is 4.39 Å². The fourth-order valence-electron chi connectivity index (χ4n) is 1.83. The van der Waals surface area contributed by atoms with E-state index in [9.17, 15) is 4.39 Å². The molecule has 1 unspecified atom stereocenters. The molecule has 19 heavy (non-hydrogen) atoms. The Hall–Kier alpha value is 0.0200. The normalized spacial score (nSPS) is 12.5. The van der Waals surface area contributed by atoms with Crippen molar-refractivity contribution in [3.8, 4) is 0 Å². The number of benzene rings is 2. The summed E-state index contributed by atoms with van der Waals surface area (Å²) in [5.74, 6) is -0.257. The molecule has 2 N–H and O–H groups in total. The summed E-state index contributed by atoms with van der Waals surface area (Å²) < 4.78 is 15.8. The molecule has 0 aliphatic rings. The van der Waals surface area contributed by atoms with Crippen molar-refractivity contribution in [1.82, 2.24) is 0 Å². The van der Waals surface area contributed by atoms with Gasteiger partial charge in [0.05, 0.1) is 4.47 Å². The van der Waals surface area contributed by atoms with E-state index >= 15 is 0 Å². The van der Waals surface area contributed by atoms with Crippen LogP contribution in [0.3, 0.4) is 0 Å². The first kappa shape index (κ1) is 15.4. The third kappa shape index (κ3) is 4.00. The smallest absolute Gasteiger partial charge is 0.137 e. The Morgan fingerprint density at radius 3 is 2.53 bits per heavy atom. The van der Waals surface area contributed by atoms with E-state index in [1.54, 1.807) is 12.1 Å². The molecule has 2 aromatic carbocycles. The van der Waals surface area contributed by atoms with Crippen molar-refractivity contribution in [2.75, 3.05) is 0 Å². The summed E-state index contributed by atoms with van der Waals surface area (Å²) in [5, 5.41) is 0. The second-order valence-electron chi connectivity index (χ2n) is 4.22. The molecule has 0 bridgehead atoms. The van der Waals surface area contributed by atoms with Gasteiger partial charge in [0.25, 0.3) is 0 Å². The predicted molar refractivity (Wildman–Crippen MR) is 91.6 cm³/mol. The predicted octanol–water partition coefficient (Wildman–Crippen LogP) is 5.20. The zero-order valence-corrected chi connectivity index (χ0v) is 15.2. The first-order valence-electron chi connectivity index (χ1n) is 5.62. The minimum absolute atomic E-state index is 0.124. The molecular formula is C14H11Br2FIN. The van der Waals surface area contributed by atoms with Gasteiger partial charge in [-0.3, -0.25) is 0 Å². The molecule has 0 aromatic heterocycles. The van der Waals surface area contributed by atoms with Crippen LogP contribution in [0.25, 0.3) is 0 Å². The second kappa shape index (κ2) is 6.65. The maximum atomic E-state index is 13.2.